The van der Waals surface area contributed by atoms with E-state index in [1.807, 2.05) is 13.8 Å². The number of rotatable bonds is 6. The van der Waals surface area contributed by atoms with Gasteiger partial charge in [-0.3, -0.25) is 4.79 Å². The van der Waals surface area contributed by atoms with Crippen LogP contribution >= 0.6 is 0 Å². The summed E-state index contributed by atoms with van der Waals surface area (Å²) >= 11 is 0. The lowest BCUT2D eigenvalue weighted by atomic mass is 10.0. The van der Waals surface area contributed by atoms with Gasteiger partial charge in [-0.2, -0.15) is 0 Å². The summed E-state index contributed by atoms with van der Waals surface area (Å²) in [7, 11) is 4.53. The van der Waals surface area contributed by atoms with Gasteiger partial charge in [0.05, 0.1) is 34.0 Å². The van der Waals surface area contributed by atoms with Crippen LogP contribution in [0.5, 0.6) is 17.2 Å². The van der Waals surface area contributed by atoms with Crippen LogP contribution in [0.3, 0.4) is 0 Å². The maximum absolute atomic E-state index is 13.4. The van der Waals surface area contributed by atoms with Crippen LogP contribution in [0.25, 0.3) is 0 Å². The molecule has 3 heterocycles. The van der Waals surface area contributed by atoms with Crippen molar-refractivity contribution in [1.29, 1.82) is 0 Å². The van der Waals surface area contributed by atoms with Gasteiger partial charge in [0, 0.05) is 18.4 Å². The molecular formula is C24H33NO9. The molecule has 10 nitrogen and oxygen atoms in total. The number of methoxy groups -OCH3 is 3. The molecule has 3 saturated heterocycles. The Kier molecular flexibility index (Phi) is 6.14. The number of carbonyl (C=O) groups excluding carboxylic acids is 1. The number of benzene rings is 1. The molecule has 10 heteroatoms. The normalized spacial score (nSPS) is 33.1. The van der Waals surface area contributed by atoms with Crippen LogP contribution in [0.4, 0.5) is 0 Å². The zero-order chi connectivity index (χ0) is 24.1. The van der Waals surface area contributed by atoms with Crippen LogP contribution in [0, 0.1) is 0 Å². The third-order valence-corrected chi connectivity index (χ3v) is 6.92. The minimum absolute atomic E-state index is 0.332. The molecule has 5 rings (SSSR count). The van der Waals surface area contributed by atoms with Gasteiger partial charge in [0.2, 0.25) is 5.75 Å². The van der Waals surface area contributed by atoms with Gasteiger partial charge in [0.1, 0.15) is 18.3 Å². The number of ether oxygens (including phenoxy) is 8. The largest absolute Gasteiger partial charge is 0.493 e. The molecule has 4 aliphatic rings. The Morgan fingerprint density at radius 1 is 0.971 bits per heavy atom. The standard InChI is InChI=1S/C24H33NO9/c1-23(2)33-20-17(25-21(26)13-10-14(27-3)18(29-5)15(11-13)28-4)19(31-22(20)34-23)16-12-30-24(32-16)8-6-7-9-24/h10-11,16-17,19-20,22H,6-9,12H2,1-5H3,(H,25,26)/t16-,17+,19-,20-,22-/m1/s1. The maximum atomic E-state index is 13.4. The molecule has 0 unspecified atom stereocenters. The van der Waals surface area contributed by atoms with Crippen molar-refractivity contribution in [1.82, 2.24) is 5.32 Å². The van der Waals surface area contributed by atoms with Gasteiger partial charge in [0.25, 0.3) is 5.91 Å². The average Bonchev–Trinajstić information content (AvgIpc) is 3.58. The predicted molar refractivity (Wildman–Crippen MR) is 118 cm³/mol. The van der Waals surface area contributed by atoms with Crippen LogP contribution in [0.2, 0.25) is 0 Å². The SMILES string of the molecule is COc1cc(C(=O)N[C@@H]2[C@H]3OC(C)(C)O[C@H]3O[C@@H]2[C@H]2COC3(CCCC3)O2)cc(OC)c1OC. The quantitative estimate of drug-likeness (QED) is 0.659. The van der Waals surface area contributed by atoms with Gasteiger partial charge < -0.3 is 43.2 Å². The van der Waals surface area contributed by atoms with Gasteiger partial charge >= 0.3 is 0 Å². The van der Waals surface area contributed by atoms with Crippen molar-refractivity contribution in [2.45, 2.75) is 81.7 Å². The summed E-state index contributed by atoms with van der Waals surface area (Å²) < 4.78 is 46.9. The Labute approximate surface area is 199 Å². The first-order valence-corrected chi connectivity index (χ1v) is 11.7. The molecular weight excluding hydrogens is 446 g/mol. The monoisotopic (exact) mass is 479 g/mol. The number of nitrogens with one attached hydrogen (secondary N) is 1. The van der Waals surface area contributed by atoms with Crippen LogP contribution in [0.15, 0.2) is 12.1 Å². The van der Waals surface area contributed by atoms with E-state index in [1.165, 1.54) is 21.3 Å². The Morgan fingerprint density at radius 3 is 2.26 bits per heavy atom. The third-order valence-electron chi connectivity index (χ3n) is 6.92. The van der Waals surface area contributed by atoms with Crippen LogP contribution in [0.1, 0.15) is 49.9 Å². The van der Waals surface area contributed by atoms with Gasteiger partial charge in [-0.25, -0.2) is 0 Å². The van der Waals surface area contributed by atoms with E-state index in [2.05, 4.69) is 5.32 Å². The molecule has 1 amide bonds. The molecule has 1 aliphatic carbocycles. The smallest absolute Gasteiger partial charge is 0.251 e. The number of amides is 1. The lowest BCUT2D eigenvalue weighted by Gasteiger charge is -2.30. The van der Waals surface area contributed by atoms with Crippen molar-refractivity contribution in [3.05, 3.63) is 17.7 Å². The molecule has 3 aliphatic heterocycles. The first-order chi connectivity index (χ1) is 16.3. The van der Waals surface area contributed by atoms with E-state index in [0.717, 1.165) is 25.7 Å². The highest BCUT2D eigenvalue weighted by Crippen LogP contribution is 2.45. The summed E-state index contributed by atoms with van der Waals surface area (Å²) in [6, 6.07) is 2.71. The molecule has 1 aromatic carbocycles. The van der Waals surface area contributed by atoms with E-state index < -0.39 is 36.1 Å². The van der Waals surface area contributed by atoms with Crippen LogP contribution < -0.4 is 19.5 Å². The molecule has 0 bridgehead atoms. The minimum atomic E-state index is -0.824. The fraction of sp³-hybridized carbons (Fsp3) is 0.708. The van der Waals surface area contributed by atoms with Crippen molar-refractivity contribution in [3.63, 3.8) is 0 Å². The predicted octanol–water partition coefficient (Wildman–Crippen LogP) is 2.37. The highest BCUT2D eigenvalue weighted by atomic mass is 16.8. The van der Waals surface area contributed by atoms with Gasteiger partial charge in [-0.1, -0.05) is 0 Å². The van der Waals surface area contributed by atoms with E-state index in [4.69, 9.17) is 37.9 Å². The first kappa shape index (κ1) is 23.6. The maximum Gasteiger partial charge on any atom is 0.251 e. The Morgan fingerprint density at radius 2 is 1.65 bits per heavy atom. The fourth-order valence-electron chi connectivity index (χ4n) is 5.38. The molecule has 1 N–H and O–H groups in total. The summed E-state index contributed by atoms with van der Waals surface area (Å²) in [5.74, 6) is -0.506. The molecule has 1 spiro atoms. The average molecular weight is 480 g/mol. The molecule has 1 saturated carbocycles. The molecule has 4 fully saturated rings. The minimum Gasteiger partial charge on any atom is -0.493 e. The molecule has 5 atom stereocenters. The van der Waals surface area contributed by atoms with Crippen molar-refractivity contribution in [2.75, 3.05) is 27.9 Å². The lowest BCUT2D eigenvalue weighted by molar-refractivity contribution is -0.226. The highest BCUT2D eigenvalue weighted by Gasteiger charge is 2.59. The van der Waals surface area contributed by atoms with Crippen molar-refractivity contribution < 1.29 is 42.7 Å². The Hall–Kier alpha value is -2.11. The van der Waals surface area contributed by atoms with Crippen LogP contribution in [-0.2, 0) is 23.7 Å². The van der Waals surface area contributed by atoms with E-state index in [1.54, 1.807) is 12.1 Å². The summed E-state index contributed by atoms with van der Waals surface area (Å²) in [4.78, 5) is 13.4. The first-order valence-electron chi connectivity index (χ1n) is 11.7. The second kappa shape index (κ2) is 8.83. The number of carbonyl (C=O) groups is 1. The topological polar surface area (TPSA) is 103 Å². The molecule has 0 radical (unpaired) electrons. The molecule has 1 aromatic rings. The van der Waals surface area contributed by atoms with Crippen molar-refractivity contribution >= 4 is 5.91 Å². The summed E-state index contributed by atoms with van der Waals surface area (Å²) in [5.41, 5.74) is 0.353. The number of fused-ring (bicyclic) bond motifs is 1. The molecule has 34 heavy (non-hydrogen) atoms. The fourth-order valence-corrected chi connectivity index (χ4v) is 5.38. The Bertz CT molecular complexity index is 904. The number of hydrogen-bond donors (Lipinski definition) is 1. The molecule has 188 valence electrons. The number of hydrogen-bond acceptors (Lipinski definition) is 9. The van der Waals surface area contributed by atoms with Crippen molar-refractivity contribution in [3.8, 4) is 17.2 Å². The van der Waals surface area contributed by atoms with E-state index in [-0.39, 0.29) is 12.0 Å². The van der Waals surface area contributed by atoms with E-state index in [9.17, 15) is 4.79 Å². The van der Waals surface area contributed by atoms with Gasteiger partial charge in [-0.15, -0.1) is 0 Å². The summed E-state index contributed by atoms with van der Waals surface area (Å²) in [5, 5.41) is 3.09. The molecule has 0 aromatic heterocycles. The highest BCUT2D eigenvalue weighted by molar-refractivity contribution is 5.96. The second-order valence-electron chi connectivity index (χ2n) is 9.57. The van der Waals surface area contributed by atoms with Gasteiger partial charge in [-0.05, 0) is 38.8 Å². The van der Waals surface area contributed by atoms with Crippen LogP contribution in [-0.4, -0.2) is 76.1 Å². The summed E-state index contributed by atoms with van der Waals surface area (Å²) in [6.07, 6.45) is 1.94. The van der Waals surface area contributed by atoms with Crippen molar-refractivity contribution in [2.24, 2.45) is 0 Å². The zero-order valence-electron chi connectivity index (χ0n) is 20.3. The second-order valence-corrected chi connectivity index (χ2v) is 9.57. The summed E-state index contributed by atoms with van der Waals surface area (Å²) in [6.45, 7) is 4.04. The van der Waals surface area contributed by atoms with E-state index in [0.29, 0.717) is 29.4 Å². The Balaban J connectivity index is 1.39. The van der Waals surface area contributed by atoms with E-state index >= 15 is 0 Å². The third kappa shape index (κ3) is 4.11. The van der Waals surface area contributed by atoms with Gasteiger partial charge in [0.15, 0.2) is 29.4 Å². The lowest BCUT2D eigenvalue weighted by Crippen LogP contribution is -2.52. The zero-order valence-corrected chi connectivity index (χ0v) is 20.3.